The Bertz CT molecular complexity index is 557. The lowest BCUT2D eigenvalue weighted by Gasteiger charge is -2.34. The van der Waals surface area contributed by atoms with Gasteiger partial charge in [0.25, 0.3) is 0 Å². The van der Waals surface area contributed by atoms with Crippen LogP contribution in [-0.2, 0) is 9.84 Å². The second-order valence-electron chi connectivity index (χ2n) is 5.88. The predicted molar refractivity (Wildman–Crippen MR) is 81.4 cm³/mol. The first-order valence-corrected chi connectivity index (χ1v) is 9.15. The molecule has 0 aromatic carbocycles. The van der Waals surface area contributed by atoms with E-state index in [0.29, 0.717) is 5.92 Å². The van der Waals surface area contributed by atoms with Crippen LogP contribution in [-0.4, -0.2) is 32.0 Å². The van der Waals surface area contributed by atoms with Gasteiger partial charge in [0.2, 0.25) is 0 Å². The highest BCUT2D eigenvalue weighted by molar-refractivity contribution is 7.91. The second-order valence-corrected chi connectivity index (χ2v) is 8.20. The van der Waals surface area contributed by atoms with Gasteiger partial charge in [-0.1, -0.05) is 6.42 Å². The topological polar surface area (TPSA) is 59.1 Å². The van der Waals surface area contributed by atoms with Crippen molar-refractivity contribution in [3.05, 3.63) is 29.6 Å². The molecule has 4 nitrogen and oxygen atoms in total. The molecule has 1 heterocycles. The Morgan fingerprint density at radius 3 is 2.75 bits per heavy atom. The van der Waals surface area contributed by atoms with E-state index in [9.17, 15) is 8.42 Å². The van der Waals surface area contributed by atoms with E-state index in [1.54, 1.807) is 6.20 Å². The maximum absolute atomic E-state index is 11.8. The van der Waals surface area contributed by atoms with Crippen LogP contribution in [0.2, 0.25) is 0 Å². The summed E-state index contributed by atoms with van der Waals surface area (Å²) in [5.74, 6) is 0.358. The molecule has 2 rings (SSSR count). The fraction of sp³-hybridized carbons (Fsp3) is 0.667. The van der Waals surface area contributed by atoms with Crippen LogP contribution < -0.4 is 5.32 Å². The molecule has 0 amide bonds. The van der Waals surface area contributed by atoms with Gasteiger partial charge in [-0.15, -0.1) is 0 Å². The summed E-state index contributed by atoms with van der Waals surface area (Å²) in [5, 5.41) is 3.18. The third-order valence-electron chi connectivity index (χ3n) is 4.47. The van der Waals surface area contributed by atoms with Gasteiger partial charge in [0.05, 0.1) is 5.25 Å². The van der Waals surface area contributed by atoms with Crippen molar-refractivity contribution in [2.75, 3.05) is 13.3 Å². The fourth-order valence-electron chi connectivity index (χ4n) is 3.32. The molecule has 1 aromatic rings. The molecule has 20 heavy (non-hydrogen) atoms. The largest absolute Gasteiger partial charge is 0.313 e. The van der Waals surface area contributed by atoms with E-state index in [4.69, 9.17) is 0 Å². The third kappa shape index (κ3) is 3.38. The monoisotopic (exact) mass is 296 g/mol. The summed E-state index contributed by atoms with van der Waals surface area (Å²) in [6.07, 6.45) is 8.68. The van der Waals surface area contributed by atoms with E-state index >= 15 is 0 Å². The van der Waals surface area contributed by atoms with Gasteiger partial charge in [0.1, 0.15) is 9.84 Å². The SMILES string of the molecule is CNC(c1cnccc1C)C1CCCC(S(C)(=O)=O)C1. The average molecular weight is 296 g/mol. The number of hydrogen-bond donors (Lipinski definition) is 1. The number of nitrogens with one attached hydrogen (secondary N) is 1. The smallest absolute Gasteiger partial charge is 0.150 e. The van der Waals surface area contributed by atoms with Crippen molar-refractivity contribution in [3.63, 3.8) is 0 Å². The zero-order valence-electron chi connectivity index (χ0n) is 12.5. The highest BCUT2D eigenvalue weighted by Crippen LogP contribution is 2.37. The first kappa shape index (κ1) is 15.4. The van der Waals surface area contributed by atoms with Crippen LogP contribution in [0.3, 0.4) is 0 Å². The minimum absolute atomic E-state index is 0.186. The lowest BCUT2D eigenvalue weighted by Crippen LogP contribution is -2.34. The Kier molecular flexibility index (Phi) is 4.81. The number of aromatic nitrogens is 1. The highest BCUT2D eigenvalue weighted by Gasteiger charge is 2.33. The number of hydrogen-bond acceptors (Lipinski definition) is 4. The van der Waals surface area contributed by atoms with Crippen molar-refractivity contribution in [1.82, 2.24) is 10.3 Å². The van der Waals surface area contributed by atoms with Crippen LogP contribution in [0.25, 0.3) is 0 Å². The van der Waals surface area contributed by atoms with E-state index in [1.807, 2.05) is 19.3 Å². The van der Waals surface area contributed by atoms with Crippen LogP contribution in [0.1, 0.15) is 42.9 Å². The van der Waals surface area contributed by atoms with Crippen molar-refractivity contribution in [3.8, 4) is 0 Å². The summed E-state index contributed by atoms with van der Waals surface area (Å²) < 4.78 is 23.6. The molecular weight excluding hydrogens is 272 g/mol. The molecule has 1 N–H and O–H groups in total. The van der Waals surface area contributed by atoms with Crippen LogP contribution >= 0.6 is 0 Å². The molecule has 3 unspecified atom stereocenters. The summed E-state index contributed by atoms with van der Waals surface area (Å²) >= 11 is 0. The van der Waals surface area contributed by atoms with E-state index in [0.717, 1.165) is 25.7 Å². The number of nitrogens with zero attached hydrogens (tertiary/aromatic N) is 1. The minimum atomic E-state index is -2.94. The number of aryl methyl sites for hydroxylation is 1. The third-order valence-corrected chi connectivity index (χ3v) is 6.11. The molecule has 1 aromatic heterocycles. The zero-order valence-corrected chi connectivity index (χ0v) is 13.3. The summed E-state index contributed by atoms with van der Waals surface area (Å²) in [6.45, 7) is 2.08. The zero-order chi connectivity index (χ0) is 14.8. The van der Waals surface area contributed by atoms with Crippen LogP contribution in [0, 0.1) is 12.8 Å². The average Bonchev–Trinajstić information content (AvgIpc) is 2.41. The van der Waals surface area contributed by atoms with Gasteiger partial charge in [0.15, 0.2) is 0 Å². The van der Waals surface area contributed by atoms with Crippen molar-refractivity contribution >= 4 is 9.84 Å². The Morgan fingerprint density at radius 2 is 2.15 bits per heavy atom. The van der Waals surface area contributed by atoms with Crippen molar-refractivity contribution in [2.45, 2.75) is 43.9 Å². The molecule has 1 aliphatic carbocycles. The molecule has 0 saturated heterocycles. The Balaban J connectivity index is 2.22. The lowest BCUT2D eigenvalue weighted by atomic mass is 9.80. The van der Waals surface area contributed by atoms with Gasteiger partial charge in [-0.05, 0) is 56.3 Å². The molecule has 1 aliphatic rings. The van der Waals surface area contributed by atoms with E-state index in [2.05, 4.69) is 17.2 Å². The lowest BCUT2D eigenvalue weighted by molar-refractivity contribution is 0.281. The van der Waals surface area contributed by atoms with Gasteiger partial charge < -0.3 is 5.32 Å². The molecular formula is C15H24N2O2S. The summed E-state index contributed by atoms with van der Waals surface area (Å²) in [5.41, 5.74) is 2.40. The standard InChI is InChI=1S/C15H24N2O2S/c1-11-7-8-17-10-14(11)15(16-2)12-5-4-6-13(9-12)20(3,18)19/h7-8,10,12-13,15-16H,4-6,9H2,1-3H3. The summed E-state index contributed by atoms with van der Waals surface area (Å²) in [6, 6.07) is 2.20. The molecule has 0 spiro atoms. The van der Waals surface area contributed by atoms with Gasteiger partial charge in [-0.25, -0.2) is 8.42 Å². The maximum Gasteiger partial charge on any atom is 0.150 e. The summed E-state index contributed by atoms with van der Waals surface area (Å²) in [4.78, 5) is 4.22. The molecule has 1 saturated carbocycles. The Morgan fingerprint density at radius 1 is 1.40 bits per heavy atom. The van der Waals surface area contributed by atoms with Gasteiger partial charge in [-0.2, -0.15) is 0 Å². The Labute approximate surface area is 121 Å². The van der Waals surface area contributed by atoms with Crippen molar-refractivity contribution in [1.29, 1.82) is 0 Å². The molecule has 112 valence electrons. The number of rotatable bonds is 4. The molecule has 3 atom stereocenters. The molecule has 0 radical (unpaired) electrons. The quantitative estimate of drug-likeness (QED) is 0.926. The molecule has 0 aliphatic heterocycles. The van der Waals surface area contributed by atoms with Crippen LogP contribution in [0.4, 0.5) is 0 Å². The second kappa shape index (κ2) is 6.22. The van der Waals surface area contributed by atoms with E-state index in [1.165, 1.54) is 17.4 Å². The van der Waals surface area contributed by atoms with Gasteiger partial charge in [0, 0.05) is 24.7 Å². The summed E-state index contributed by atoms with van der Waals surface area (Å²) in [7, 11) is -0.991. The Hall–Kier alpha value is -0.940. The predicted octanol–water partition coefficient (Wildman–Crippen LogP) is 2.25. The van der Waals surface area contributed by atoms with E-state index in [-0.39, 0.29) is 11.3 Å². The highest BCUT2D eigenvalue weighted by atomic mass is 32.2. The van der Waals surface area contributed by atoms with Crippen molar-refractivity contribution in [2.24, 2.45) is 5.92 Å². The van der Waals surface area contributed by atoms with Crippen molar-refractivity contribution < 1.29 is 8.42 Å². The first-order valence-electron chi connectivity index (χ1n) is 7.20. The normalized spacial score (nSPS) is 25.4. The fourth-order valence-corrected chi connectivity index (χ4v) is 4.51. The van der Waals surface area contributed by atoms with E-state index < -0.39 is 9.84 Å². The molecule has 1 fully saturated rings. The maximum atomic E-state index is 11.8. The van der Waals surface area contributed by atoms with Gasteiger partial charge in [-0.3, -0.25) is 4.98 Å². The number of sulfone groups is 1. The van der Waals surface area contributed by atoms with Crippen LogP contribution in [0.15, 0.2) is 18.5 Å². The number of pyridine rings is 1. The minimum Gasteiger partial charge on any atom is -0.313 e. The van der Waals surface area contributed by atoms with Gasteiger partial charge >= 0.3 is 0 Å². The van der Waals surface area contributed by atoms with Crippen LogP contribution in [0.5, 0.6) is 0 Å². The molecule has 5 heteroatoms. The first-order chi connectivity index (χ1) is 9.43. The molecule has 0 bridgehead atoms.